The number of hydrogen-bond donors (Lipinski definition) is 3. The molecule has 0 saturated heterocycles. The normalized spacial score (nSPS) is 17.3. The van der Waals surface area contributed by atoms with E-state index in [4.69, 9.17) is 10.7 Å². The van der Waals surface area contributed by atoms with Crippen molar-refractivity contribution in [2.45, 2.75) is 25.4 Å². The fraction of sp³-hybridized carbons (Fsp3) is 0.200. The van der Waals surface area contributed by atoms with Gasteiger partial charge in [-0.15, -0.1) is 0 Å². The molecule has 1 unspecified atom stereocenters. The number of fused-ring (bicyclic) bond motifs is 2. The van der Waals surface area contributed by atoms with Crippen LogP contribution in [0.1, 0.15) is 33.7 Å². The van der Waals surface area contributed by atoms with E-state index in [0.29, 0.717) is 23.5 Å². The van der Waals surface area contributed by atoms with Crippen LogP contribution in [0, 0.1) is 10.1 Å². The molecule has 0 spiro atoms. The Kier molecular flexibility index (Phi) is 5.45. The number of nitro groups is 1. The van der Waals surface area contributed by atoms with Crippen molar-refractivity contribution in [3.05, 3.63) is 98.6 Å². The molecular weight excluding hydrogens is 418 g/mol. The van der Waals surface area contributed by atoms with Gasteiger partial charge in [0.1, 0.15) is 5.92 Å². The molecule has 0 fully saturated rings. The Morgan fingerprint density at radius 3 is 2.67 bits per heavy atom. The molecule has 2 aliphatic rings. The van der Waals surface area contributed by atoms with Crippen molar-refractivity contribution in [3.8, 4) is 0 Å². The first-order chi connectivity index (χ1) is 16.0. The first-order valence-corrected chi connectivity index (χ1v) is 10.8. The van der Waals surface area contributed by atoms with Crippen LogP contribution in [0.5, 0.6) is 0 Å². The van der Waals surface area contributed by atoms with Gasteiger partial charge >= 0.3 is 0 Å². The minimum Gasteiger partial charge on any atom is -0.326 e. The summed E-state index contributed by atoms with van der Waals surface area (Å²) in [4.78, 5) is 28.9. The van der Waals surface area contributed by atoms with Crippen LogP contribution in [-0.2, 0) is 24.3 Å². The zero-order valence-electron chi connectivity index (χ0n) is 17.9. The van der Waals surface area contributed by atoms with Gasteiger partial charge in [-0.3, -0.25) is 19.9 Å². The van der Waals surface area contributed by atoms with Crippen LogP contribution in [0.25, 0.3) is 0 Å². The zero-order chi connectivity index (χ0) is 22.9. The van der Waals surface area contributed by atoms with Crippen molar-refractivity contribution in [1.82, 2.24) is 5.32 Å². The van der Waals surface area contributed by atoms with Crippen molar-refractivity contribution in [2.24, 2.45) is 10.7 Å². The lowest BCUT2D eigenvalue weighted by Crippen LogP contribution is -2.23. The number of rotatable bonds is 5. The Hall–Kier alpha value is -3.88. The molecule has 3 aromatic carbocycles. The molecule has 4 N–H and O–H groups in total. The van der Waals surface area contributed by atoms with E-state index in [1.807, 2.05) is 30.3 Å². The molecule has 8 heteroatoms. The van der Waals surface area contributed by atoms with Gasteiger partial charge in [-0.05, 0) is 53.4 Å². The Bertz CT molecular complexity index is 1280. The summed E-state index contributed by atoms with van der Waals surface area (Å²) < 4.78 is 0. The summed E-state index contributed by atoms with van der Waals surface area (Å²) in [5, 5.41) is 17.6. The number of aliphatic imine (C=N–C) groups is 1. The predicted octanol–water partition coefficient (Wildman–Crippen LogP) is 3.56. The highest BCUT2D eigenvalue weighted by Crippen LogP contribution is 2.38. The van der Waals surface area contributed by atoms with Gasteiger partial charge in [-0.2, -0.15) is 0 Å². The van der Waals surface area contributed by atoms with Crippen LogP contribution in [0.2, 0.25) is 0 Å². The van der Waals surface area contributed by atoms with Crippen LogP contribution in [0.4, 0.5) is 17.1 Å². The molecule has 1 amide bonds. The molecule has 0 bridgehead atoms. The van der Waals surface area contributed by atoms with E-state index >= 15 is 0 Å². The summed E-state index contributed by atoms with van der Waals surface area (Å²) in [7, 11) is 0. The third kappa shape index (κ3) is 4.02. The van der Waals surface area contributed by atoms with Crippen LogP contribution >= 0.6 is 0 Å². The largest absolute Gasteiger partial charge is 0.326 e. The fourth-order valence-corrected chi connectivity index (χ4v) is 4.41. The highest BCUT2D eigenvalue weighted by Gasteiger charge is 2.36. The highest BCUT2D eigenvalue weighted by molar-refractivity contribution is 6.24. The van der Waals surface area contributed by atoms with E-state index in [-0.39, 0.29) is 11.6 Å². The second kappa shape index (κ2) is 8.57. The second-order valence-corrected chi connectivity index (χ2v) is 8.23. The molecule has 33 heavy (non-hydrogen) atoms. The van der Waals surface area contributed by atoms with Gasteiger partial charge in [-0.1, -0.05) is 30.3 Å². The molecule has 2 aliphatic heterocycles. The van der Waals surface area contributed by atoms with Gasteiger partial charge < -0.3 is 16.4 Å². The van der Waals surface area contributed by atoms with Gasteiger partial charge in [0, 0.05) is 36.5 Å². The molecule has 5 rings (SSSR count). The third-order valence-electron chi connectivity index (χ3n) is 6.16. The minimum atomic E-state index is -0.763. The van der Waals surface area contributed by atoms with Crippen LogP contribution in [-0.4, -0.2) is 23.1 Å². The maximum Gasteiger partial charge on any atom is 0.269 e. The van der Waals surface area contributed by atoms with Gasteiger partial charge in [0.25, 0.3) is 5.69 Å². The lowest BCUT2D eigenvalue weighted by atomic mass is 9.90. The molecular formula is C25H23N5O3. The van der Waals surface area contributed by atoms with E-state index in [1.54, 1.807) is 6.07 Å². The van der Waals surface area contributed by atoms with Crippen molar-refractivity contribution >= 4 is 28.7 Å². The number of nitrogens with two attached hydrogens (primary N) is 1. The summed E-state index contributed by atoms with van der Waals surface area (Å²) in [6.07, 6.45) is 0.915. The third-order valence-corrected chi connectivity index (χ3v) is 6.16. The quantitative estimate of drug-likeness (QED) is 0.317. The summed E-state index contributed by atoms with van der Waals surface area (Å²) in [5.74, 6) is -1.02. The maximum atomic E-state index is 13.1. The topological polar surface area (TPSA) is 123 Å². The first-order valence-electron chi connectivity index (χ1n) is 10.8. The summed E-state index contributed by atoms with van der Waals surface area (Å²) >= 11 is 0. The van der Waals surface area contributed by atoms with E-state index in [0.717, 1.165) is 36.3 Å². The number of carbonyl (C=O) groups excluding carboxylic acids is 1. The Morgan fingerprint density at radius 2 is 1.91 bits per heavy atom. The Morgan fingerprint density at radius 1 is 1.09 bits per heavy atom. The average Bonchev–Trinajstić information content (AvgIpc) is 3.17. The number of anilines is 1. The number of non-ortho nitro benzene ring substituents is 1. The summed E-state index contributed by atoms with van der Waals surface area (Å²) in [5.41, 5.74) is 12.3. The predicted molar refractivity (Wildman–Crippen MR) is 127 cm³/mol. The zero-order valence-corrected chi connectivity index (χ0v) is 17.9. The smallest absolute Gasteiger partial charge is 0.269 e. The molecule has 1 atom stereocenters. The number of carbonyl (C=O) groups is 1. The number of benzene rings is 3. The molecule has 0 radical (unpaired) electrons. The molecule has 0 aromatic heterocycles. The fourth-order valence-electron chi connectivity index (χ4n) is 4.41. The van der Waals surface area contributed by atoms with Crippen molar-refractivity contribution in [2.75, 3.05) is 11.9 Å². The minimum absolute atomic E-state index is 0.0608. The van der Waals surface area contributed by atoms with Gasteiger partial charge in [0.05, 0.1) is 16.3 Å². The van der Waals surface area contributed by atoms with Crippen molar-refractivity contribution in [3.63, 3.8) is 0 Å². The average molecular weight is 441 g/mol. The summed E-state index contributed by atoms with van der Waals surface area (Å²) in [6, 6.07) is 18.1. The maximum absolute atomic E-state index is 13.1. The van der Waals surface area contributed by atoms with Gasteiger partial charge in [-0.25, -0.2) is 0 Å². The lowest BCUT2D eigenvalue weighted by molar-refractivity contribution is -0.384. The highest BCUT2D eigenvalue weighted by atomic mass is 16.6. The van der Waals surface area contributed by atoms with E-state index in [9.17, 15) is 14.9 Å². The molecule has 0 saturated carbocycles. The molecule has 8 nitrogen and oxygen atoms in total. The van der Waals surface area contributed by atoms with Crippen molar-refractivity contribution in [1.29, 1.82) is 0 Å². The van der Waals surface area contributed by atoms with Crippen LogP contribution < -0.4 is 16.4 Å². The standard InChI is InChI=1S/C25H23N5O3/c26-13-15-1-3-16(4-2-15)24(28-19-6-5-18-14-27-10-9-17(18)11-19)23-21-12-20(30(32)33)7-8-22(21)29-25(23)31/h1-8,11-12,23,27H,9-10,13-14,26H2,(H,29,31). The summed E-state index contributed by atoms with van der Waals surface area (Å²) in [6.45, 7) is 2.15. The SMILES string of the molecule is NCc1ccc(C(=Nc2ccc3c(c2)CCNC3)C2C(=O)Nc3ccc([N+](=O)[O-])cc32)cc1. The Balaban J connectivity index is 1.65. The number of nitro benzene ring substituents is 1. The van der Waals surface area contributed by atoms with E-state index in [1.165, 1.54) is 23.3 Å². The van der Waals surface area contributed by atoms with Crippen molar-refractivity contribution < 1.29 is 9.72 Å². The van der Waals surface area contributed by atoms with Crippen LogP contribution in [0.3, 0.4) is 0 Å². The van der Waals surface area contributed by atoms with Gasteiger partial charge in [0.2, 0.25) is 5.91 Å². The lowest BCUT2D eigenvalue weighted by Gasteiger charge is -2.18. The molecule has 166 valence electrons. The Labute approximate surface area is 190 Å². The first kappa shape index (κ1) is 21.0. The van der Waals surface area contributed by atoms with E-state index < -0.39 is 10.8 Å². The molecule has 0 aliphatic carbocycles. The number of nitrogens with zero attached hydrogens (tertiary/aromatic N) is 2. The van der Waals surface area contributed by atoms with Crippen LogP contribution in [0.15, 0.2) is 65.7 Å². The number of nitrogens with one attached hydrogen (secondary N) is 2. The number of hydrogen-bond acceptors (Lipinski definition) is 6. The van der Waals surface area contributed by atoms with Gasteiger partial charge in [0.15, 0.2) is 0 Å². The molecule has 2 heterocycles. The van der Waals surface area contributed by atoms with E-state index in [2.05, 4.69) is 22.8 Å². The molecule has 3 aromatic rings. The monoisotopic (exact) mass is 441 g/mol. The second-order valence-electron chi connectivity index (χ2n) is 8.23. The number of amides is 1.